The van der Waals surface area contributed by atoms with Crippen molar-refractivity contribution in [2.75, 3.05) is 18.4 Å². The first-order chi connectivity index (χ1) is 9.54. The van der Waals surface area contributed by atoms with Gasteiger partial charge in [0.2, 0.25) is 0 Å². The van der Waals surface area contributed by atoms with Crippen LogP contribution in [0.1, 0.15) is 32.4 Å². The monoisotopic (exact) mass is 277 g/mol. The van der Waals surface area contributed by atoms with E-state index in [1.807, 2.05) is 39.0 Å². The third-order valence-corrected chi connectivity index (χ3v) is 3.33. The molecule has 1 aromatic rings. The molecule has 1 saturated heterocycles. The van der Waals surface area contributed by atoms with Gasteiger partial charge in [0.1, 0.15) is 5.82 Å². The average molecular weight is 277 g/mol. The molecule has 0 aliphatic carbocycles. The van der Waals surface area contributed by atoms with E-state index in [1.54, 1.807) is 4.90 Å². The van der Waals surface area contributed by atoms with Crippen LogP contribution in [-0.4, -0.2) is 41.2 Å². The van der Waals surface area contributed by atoms with Crippen molar-refractivity contribution >= 4 is 11.9 Å². The van der Waals surface area contributed by atoms with E-state index in [-0.39, 0.29) is 12.2 Å². The highest BCUT2D eigenvalue weighted by Crippen LogP contribution is 2.16. The topological polar surface area (TPSA) is 54.5 Å². The Morgan fingerprint density at radius 2 is 2.10 bits per heavy atom. The number of carbonyl (C=O) groups excluding carboxylic acids is 1. The number of anilines is 1. The lowest BCUT2D eigenvalue weighted by Crippen LogP contribution is -2.43. The number of hydrogen-bond donors (Lipinski definition) is 1. The molecule has 1 aliphatic rings. The Morgan fingerprint density at radius 3 is 2.70 bits per heavy atom. The van der Waals surface area contributed by atoms with Gasteiger partial charge in [-0.2, -0.15) is 0 Å². The number of pyridine rings is 1. The van der Waals surface area contributed by atoms with Crippen molar-refractivity contribution in [2.45, 2.75) is 45.8 Å². The SMILES string of the molecule is Cc1cccc(NC2CCN(C(=O)OC(C)C)CC2)n1. The van der Waals surface area contributed by atoms with Crippen molar-refractivity contribution in [1.29, 1.82) is 0 Å². The molecule has 1 amide bonds. The predicted molar refractivity (Wildman–Crippen MR) is 78.8 cm³/mol. The molecule has 1 fully saturated rings. The standard InChI is InChI=1S/C15H23N3O2/c1-11(2)20-15(19)18-9-7-13(8-10-18)17-14-6-4-5-12(3)16-14/h4-6,11,13H,7-10H2,1-3H3,(H,16,17). The normalized spacial score (nSPS) is 16.3. The maximum atomic E-state index is 11.8. The van der Waals surface area contributed by atoms with E-state index >= 15 is 0 Å². The molecule has 1 aliphatic heterocycles. The van der Waals surface area contributed by atoms with Crippen LogP contribution in [0.4, 0.5) is 10.6 Å². The Balaban J connectivity index is 1.81. The Morgan fingerprint density at radius 1 is 1.40 bits per heavy atom. The number of hydrogen-bond acceptors (Lipinski definition) is 4. The molecular formula is C15H23N3O2. The number of likely N-dealkylation sites (tertiary alicyclic amines) is 1. The second-order valence-corrected chi connectivity index (χ2v) is 5.50. The molecule has 1 aromatic heterocycles. The van der Waals surface area contributed by atoms with Crippen LogP contribution >= 0.6 is 0 Å². The van der Waals surface area contributed by atoms with Gasteiger partial charge in [-0.05, 0) is 45.7 Å². The molecule has 1 N–H and O–H groups in total. The second kappa shape index (κ2) is 6.59. The lowest BCUT2D eigenvalue weighted by molar-refractivity contribution is 0.0701. The maximum Gasteiger partial charge on any atom is 0.410 e. The summed E-state index contributed by atoms with van der Waals surface area (Å²) in [6, 6.07) is 6.33. The zero-order valence-corrected chi connectivity index (χ0v) is 12.4. The van der Waals surface area contributed by atoms with E-state index in [2.05, 4.69) is 10.3 Å². The first-order valence-corrected chi connectivity index (χ1v) is 7.20. The fraction of sp³-hybridized carbons (Fsp3) is 0.600. The van der Waals surface area contributed by atoms with E-state index in [1.165, 1.54) is 0 Å². The maximum absolute atomic E-state index is 11.8. The van der Waals surface area contributed by atoms with Gasteiger partial charge < -0.3 is 15.0 Å². The van der Waals surface area contributed by atoms with E-state index < -0.39 is 0 Å². The number of ether oxygens (including phenoxy) is 1. The summed E-state index contributed by atoms with van der Waals surface area (Å²) in [5.74, 6) is 0.910. The quantitative estimate of drug-likeness (QED) is 0.923. The van der Waals surface area contributed by atoms with E-state index in [0.717, 1.165) is 37.4 Å². The Labute approximate surface area is 120 Å². The van der Waals surface area contributed by atoms with Gasteiger partial charge in [0, 0.05) is 24.8 Å². The van der Waals surface area contributed by atoms with Crippen molar-refractivity contribution in [1.82, 2.24) is 9.88 Å². The molecule has 110 valence electrons. The number of carbonyl (C=O) groups is 1. The predicted octanol–water partition coefficient (Wildman–Crippen LogP) is 2.81. The molecule has 0 spiro atoms. The van der Waals surface area contributed by atoms with Crippen LogP contribution in [0.2, 0.25) is 0 Å². The second-order valence-electron chi connectivity index (χ2n) is 5.50. The number of amides is 1. The highest BCUT2D eigenvalue weighted by molar-refractivity contribution is 5.67. The van der Waals surface area contributed by atoms with Crippen molar-refractivity contribution < 1.29 is 9.53 Å². The van der Waals surface area contributed by atoms with Crippen LogP contribution in [-0.2, 0) is 4.74 Å². The van der Waals surface area contributed by atoms with Crippen LogP contribution in [0.5, 0.6) is 0 Å². The molecule has 20 heavy (non-hydrogen) atoms. The van der Waals surface area contributed by atoms with Gasteiger partial charge in [0.05, 0.1) is 6.10 Å². The lowest BCUT2D eigenvalue weighted by Gasteiger charge is -2.32. The highest BCUT2D eigenvalue weighted by Gasteiger charge is 2.24. The summed E-state index contributed by atoms with van der Waals surface area (Å²) in [4.78, 5) is 18.0. The summed E-state index contributed by atoms with van der Waals surface area (Å²) < 4.78 is 5.21. The molecule has 0 radical (unpaired) electrons. The number of nitrogens with zero attached hydrogens (tertiary/aromatic N) is 2. The first kappa shape index (κ1) is 14.6. The minimum Gasteiger partial charge on any atom is -0.447 e. The van der Waals surface area contributed by atoms with E-state index in [4.69, 9.17) is 4.74 Å². The largest absolute Gasteiger partial charge is 0.447 e. The van der Waals surface area contributed by atoms with Crippen molar-refractivity contribution in [2.24, 2.45) is 0 Å². The minimum atomic E-state index is -0.202. The van der Waals surface area contributed by atoms with Gasteiger partial charge in [-0.1, -0.05) is 6.07 Å². The Bertz CT molecular complexity index is 454. The summed E-state index contributed by atoms with van der Waals surface area (Å²) in [6.07, 6.45) is 1.58. The molecule has 0 saturated carbocycles. The minimum absolute atomic E-state index is 0.0603. The number of rotatable bonds is 3. The van der Waals surface area contributed by atoms with Crippen LogP contribution in [0.3, 0.4) is 0 Å². The molecule has 5 nitrogen and oxygen atoms in total. The molecule has 2 rings (SSSR count). The summed E-state index contributed by atoms with van der Waals surface area (Å²) in [5, 5.41) is 3.43. The highest BCUT2D eigenvalue weighted by atomic mass is 16.6. The molecule has 0 atom stereocenters. The van der Waals surface area contributed by atoms with Crippen LogP contribution in [0, 0.1) is 6.92 Å². The molecular weight excluding hydrogens is 254 g/mol. The fourth-order valence-corrected chi connectivity index (χ4v) is 2.32. The van der Waals surface area contributed by atoms with Gasteiger partial charge in [-0.3, -0.25) is 0 Å². The van der Waals surface area contributed by atoms with E-state index in [0.29, 0.717) is 6.04 Å². The van der Waals surface area contributed by atoms with Crippen LogP contribution in [0.15, 0.2) is 18.2 Å². The molecule has 0 aromatic carbocycles. The van der Waals surface area contributed by atoms with Crippen molar-refractivity contribution in [3.8, 4) is 0 Å². The molecule has 0 unspecified atom stereocenters. The number of aryl methyl sites for hydroxylation is 1. The Kier molecular flexibility index (Phi) is 4.82. The summed E-state index contributed by atoms with van der Waals surface area (Å²) in [7, 11) is 0. The number of aromatic nitrogens is 1. The van der Waals surface area contributed by atoms with Gasteiger partial charge >= 0.3 is 6.09 Å². The van der Waals surface area contributed by atoms with Gasteiger partial charge in [0.25, 0.3) is 0 Å². The molecule has 2 heterocycles. The summed E-state index contributed by atoms with van der Waals surface area (Å²) in [5.41, 5.74) is 1.01. The van der Waals surface area contributed by atoms with Crippen LogP contribution in [0.25, 0.3) is 0 Å². The zero-order chi connectivity index (χ0) is 14.5. The lowest BCUT2D eigenvalue weighted by atomic mass is 10.1. The van der Waals surface area contributed by atoms with Gasteiger partial charge in [-0.25, -0.2) is 9.78 Å². The fourth-order valence-electron chi connectivity index (χ4n) is 2.32. The van der Waals surface area contributed by atoms with Crippen molar-refractivity contribution in [3.63, 3.8) is 0 Å². The van der Waals surface area contributed by atoms with Gasteiger partial charge in [-0.15, -0.1) is 0 Å². The summed E-state index contributed by atoms with van der Waals surface area (Å²) in [6.45, 7) is 7.19. The van der Waals surface area contributed by atoms with E-state index in [9.17, 15) is 4.79 Å². The average Bonchev–Trinajstić information content (AvgIpc) is 2.38. The Hall–Kier alpha value is -1.78. The van der Waals surface area contributed by atoms with Gasteiger partial charge in [0.15, 0.2) is 0 Å². The first-order valence-electron chi connectivity index (χ1n) is 7.20. The third kappa shape index (κ3) is 4.11. The third-order valence-electron chi connectivity index (χ3n) is 3.33. The summed E-state index contributed by atoms with van der Waals surface area (Å²) >= 11 is 0. The molecule has 0 bridgehead atoms. The van der Waals surface area contributed by atoms with Crippen molar-refractivity contribution in [3.05, 3.63) is 23.9 Å². The zero-order valence-electron chi connectivity index (χ0n) is 12.4. The number of piperidine rings is 1. The smallest absolute Gasteiger partial charge is 0.410 e. The van der Waals surface area contributed by atoms with Crippen LogP contribution < -0.4 is 5.32 Å². The number of nitrogens with one attached hydrogen (secondary N) is 1. The molecule has 5 heteroatoms.